The van der Waals surface area contributed by atoms with E-state index in [4.69, 9.17) is 18.0 Å². The van der Waals surface area contributed by atoms with Crippen molar-refractivity contribution in [2.45, 2.75) is 113 Å². The molecule has 0 aromatic heterocycles. The molecular weight excluding hydrogens is 475 g/mol. The Kier molecular flexibility index (Phi) is 9.96. The lowest BCUT2D eigenvalue weighted by molar-refractivity contribution is 0.100. The van der Waals surface area contributed by atoms with Crippen molar-refractivity contribution in [3.05, 3.63) is 18.2 Å². The second-order valence-electron chi connectivity index (χ2n) is 10.9. The van der Waals surface area contributed by atoms with Crippen LogP contribution in [-0.4, -0.2) is 58.4 Å². The molecule has 0 atom stereocenters. The van der Waals surface area contributed by atoms with E-state index in [1.54, 1.807) is 27.4 Å². The van der Waals surface area contributed by atoms with Crippen LogP contribution in [0.3, 0.4) is 0 Å². The molecule has 3 aliphatic carbocycles. The number of phenols is 1. The highest BCUT2D eigenvalue weighted by atomic mass is 31.2. The number of hydrogen-bond acceptors (Lipinski definition) is 5. The molecule has 35 heavy (non-hydrogen) atoms. The van der Waals surface area contributed by atoms with Gasteiger partial charge in [0.2, 0.25) is 0 Å². The van der Waals surface area contributed by atoms with E-state index in [0.717, 1.165) is 22.7 Å². The van der Waals surface area contributed by atoms with Crippen LogP contribution in [0.4, 0.5) is 0 Å². The lowest BCUT2D eigenvalue weighted by atomic mass is 9.99. The lowest BCUT2D eigenvalue weighted by Gasteiger charge is -2.49. The maximum Gasteiger partial charge on any atom is 0.539 e. The maximum atomic E-state index is 10.9. The summed E-state index contributed by atoms with van der Waals surface area (Å²) in [4.78, 5) is 0. The van der Waals surface area contributed by atoms with Gasteiger partial charge >= 0.3 is 8.80 Å². The number of hydrogen-bond donors (Lipinski definition) is 1. The van der Waals surface area contributed by atoms with Gasteiger partial charge in [0, 0.05) is 27.4 Å². The summed E-state index contributed by atoms with van der Waals surface area (Å²) in [5.74, 6) is 1.33. The maximum absolute atomic E-state index is 10.9. The summed E-state index contributed by atoms with van der Waals surface area (Å²) in [6.45, 7) is 0. The van der Waals surface area contributed by atoms with Crippen molar-refractivity contribution in [2.75, 3.05) is 27.6 Å². The van der Waals surface area contributed by atoms with Crippen LogP contribution in [0, 0.1) is 0 Å². The molecule has 0 radical (unpaired) electrons. The first kappa shape index (κ1) is 27.4. The van der Waals surface area contributed by atoms with Gasteiger partial charge in [0.1, 0.15) is 11.1 Å². The third-order valence-electron chi connectivity index (χ3n) is 9.23. The molecule has 7 heteroatoms. The van der Waals surface area contributed by atoms with Gasteiger partial charge in [-0.1, -0.05) is 19.3 Å². The zero-order chi connectivity index (χ0) is 24.7. The van der Waals surface area contributed by atoms with Crippen LogP contribution >= 0.6 is 7.26 Å². The fraction of sp³-hybridized carbons (Fsp3) is 0.786. The lowest BCUT2D eigenvalue weighted by Crippen LogP contribution is -2.49. The Bertz CT molecular complexity index is 730. The van der Waals surface area contributed by atoms with Crippen molar-refractivity contribution < 1.29 is 23.1 Å². The largest absolute Gasteiger partial charge is 0.539 e. The quantitative estimate of drug-likeness (QED) is 0.269. The van der Waals surface area contributed by atoms with Gasteiger partial charge in [0.25, 0.3) is 0 Å². The van der Waals surface area contributed by atoms with E-state index in [9.17, 15) is 5.11 Å². The van der Waals surface area contributed by atoms with Crippen LogP contribution in [0.15, 0.2) is 18.2 Å². The van der Waals surface area contributed by atoms with Gasteiger partial charge in [-0.3, -0.25) is 0 Å². The van der Waals surface area contributed by atoms with Crippen LogP contribution in [0.5, 0.6) is 11.5 Å². The van der Waals surface area contributed by atoms with Crippen molar-refractivity contribution in [3.63, 3.8) is 0 Å². The zero-order valence-electron chi connectivity index (χ0n) is 22.3. The number of phenolic OH excluding ortho intramolecular Hbond substituents is 1. The highest BCUT2D eigenvalue weighted by Crippen LogP contribution is 2.77. The molecule has 0 unspecified atom stereocenters. The standard InChI is InChI=1S/C28H47O5PSi/c1-30-35(31-2,32-3)22-33-27-20-19-23(29)21-28(27)34(24-13-7-4-8-14-24,25-15-9-5-10-16-25)26-17-11-6-12-18-26/h19-21,24-26H,4-18,22H2,1-3H3/p+1. The topological polar surface area (TPSA) is 57.2 Å². The summed E-state index contributed by atoms with van der Waals surface area (Å²) in [6, 6.07) is 5.94. The average molecular weight is 524 g/mol. The summed E-state index contributed by atoms with van der Waals surface area (Å²) in [7, 11) is 0.402. The number of aromatic hydroxyl groups is 1. The van der Waals surface area contributed by atoms with Crippen molar-refractivity contribution in [1.29, 1.82) is 0 Å². The minimum atomic E-state index is -2.89. The molecule has 1 aromatic rings. The second-order valence-corrected chi connectivity index (χ2v) is 18.2. The first-order valence-corrected chi connectivity index (χ1v) is 18.0. The highest BCUT2D eigenvalue weighted by molar-refractivity contribution is 7.85. The first-order valence-electron chi connectivity index (χ1n) is 14.1. The van der Waals surface area contributed by atoms with E-state index in [1.807, 2.05) is 6.07 Å². The molecule has 3 fully saturated rings. The molecule has 4 rings (SSSR count). The Labute approximate surface area is 215 Å². The Morgan fingerprint density at radius 3 is 1.54 bits per heavy atom. The Morgan fingerprint density at radius 1 is 0.714 bits per heavy atom. The second kappa shape index (κ2) is 12.7. The first-order chi connectivity index (χ1) is 17.1. The molecule has 0 heterocycles. The van der Waals surface area contributed by atoms with Crippen LogP contribution < -0.4 is 10.0 Å². The SMILES string of the molecule is CO[Si](COc1ccc(O)cc1[P+](C1CCCCC1)(C1CCCCC1)C1CCCCC1)(OC)OC. The fourth-order valence-corrected chi connectivity index (χ4v) is 16.2. The van der Waals surface area contributed by atoms with Crippen molar-refractivity contribution in [3.8, 4) is 11.5 Å². The van der Waals surface area contributed by atoms with Gasteiger partial charge in [0.05, 0.1) is 24.2 Å². The summed E-state index contributed by atoms with van der Waals surface area (Å²) < 4.78 is 23.7. The summed E-state index contributed by atoms with van der Waals surface area (Å²) in [6.07, 6.45) is 20.6. The number of ether oxygens (including phenoxy) is 1. The van der Waals surface area contributed by atoms with Gasteiger partial charge < -0.3 is 23.1 Å². The zero-order valence-corrected chi connectivity index (χ0v) is 24.2. The van der Waals surface area contributed by atoms with Crippen molar-refractivity contribution in [1.82, 2.24) is 0 Å². The molecule has 0 bridgehead atoms. The van der Waals surface area contributed by atoms with Crippen molar-refractivity contribution >= 4 is 21.4 Å². The van der Waals surface area contributed by atoms with Crippen LogP contribution in [-0.2, 0) is 13.3 Å². The van der Waals surface area contributed by atoms with Crippen molar-refractivity contribution in [2.24, 2.45) is 0 Å². The molecule has 0 saturated heterocycles. The third-order valence-corrected chi connectivity index (χ3v) is 18.0. The normalized spacial score (nSPS) is 21.8. The number of benzene rings is 1. The van der Waals surface area contributed by atoms with Crippen LogP contribution in [0.25, 0.3) is 0 Å². The average Bonchev–Trinajstić information content (AvgIpc) is 2.93. The molecule has 0 spiro atoms. The molecule has 1 N–H and O–H groups in total. The van der Waals surface area contributed by atoms with Gasteiger partial charge in [-0.2, -0.15) is 0 Å². The van der Waals surface area contributed by atoms with E-state index < -0.39 is 16.1 Å². The Hall–Kier alpha value is -0.653. The summed E-state index contributed by atoms with van der Waals surface area (Å²) in [5.41, 5.74) is 2.29. The smallest absolute Gasteiger partial charge is 0.508 e. The number of rotatable bonds is 10. The predicted molar refractivity (Wildman–Crippen MR) is 148 cm³/mol. The van der Waals surface area contributed by atoms with E-state index in [0.29, 0.717) is 5.75 Å². The van der Waals surface area contributed by atoms with E-state index in [-0.39, 0.29) is 6.23 Å². The van der Waals surface area contributed by atoms with Gasteiger partial charge in [-0.15, -0.1) is 0 Å². The molecule has 1 aromatic carbocycles. The minimum absolute atomic E-state index is 0.286. The molecule has 0 aliphatic heterocycles. The van der Waals surface area contributed by atoms with E-state index in [2.05, 4.69) is 6.07 Å². The Balaban J connectivity index is 1.83. The third kappa shape index (κ3) is 5.77. The minimum Gasteiger partial charge on any atom is -0.508 e. The molecule has 3 saturated carbocycles. The highest BCUT2D eigenvalue weighted by Gasteiger charge is 2.60. The van der Waals surface area contributed by atoms with E-state index in [1.165, 1.54) is 102 Å². The fourth-order valence-electron chi connectivity index (χ4n) is 7.53. The van der Waals surface area contributed by atoms with Gasteiger partial charge in [-0.05, 0) is 89.2 Å². The molecule has 198 valence electrons. The van der Waals surface area contributed by atoms with Crippen LogP contribution in [0.2, 0.25) is 0 Å². The monoisotopic (exact) mass is 523 g/mol. The van der Waals surface area contributed by atoms with Gasteiger partial charge in [0.15, 0.2) is 12.0 Å². The van der Waals surface area contributed by atoms with Crippen LogP contribution in [0.1, 0.15) is 96.3 Å². The molecular formula is C28H48O5PSi+. The summed E-state index contributed by atoms with van der Waals surface area (Å²) in [5, 5.41) is 12.2. The molecule has 0 amide bonds. The molecule has 3 aliphatic rings. The van der Waals surface area contributed by atoms with E-state index >= 15 is 0 Å². The summed E-state index contributed by atoms with van der Waals surface area (Å²) >= 11 is 0. The van der Waals surface area contributed by atoms with Gasteiger partial charge in [-0.25, -0.2) is 0 Å². The molecule has 5 nitrogen and oxygen atoms in total. The Morgan fingerprint density at radius 2 is 1.14 bits per heavy atom. The predicted octanol–water partition coefficient (Wildman–Crippen LogP) is 6.83.